The van der Waals surface area contributed by atoms with Crippen LogP contribution in [0.5, 0.6) is 0 Å². The van der Waals surface area contributed by atoms with Crippen molar-refractivity contribution in [2.45, 2.75) is 46.0 Å². The predicted octanol–water partition coefficient (Wildman–Crippen LogP) is 2.96. The van der Waals surface area contributed by atoms with Crippen molar-refractivity contribution >= 4 is 11.6 Å². The third-order valence-electron chi connectivity index (χ3n) is 3.04. The molecule has 0 bridgehead atoms. The predicted molar refractivity (Wildman–Crippen MR) is 91.2 cm³/mol. The largest absolute Gasteiger partial charge is 0.370 e. The fraction of sp³-hybridized carbons (Fsp3) is 0.750. The molecule has 2 N–H and O–H groups in total. The molecule has 0 unspecified atom stereocenters. The van der Waals surface area contributed by atoms with Crippen molar-refractivity contribution in [3.8, 4) is 0 Å². The summed E-state index contributed by atoms with van der Waals surface area (Å²) in [6.07, 6.45) is 2.18. The second-order valence-corrected chi connectivity index (χ2v) is 6.72. The first kappa shape index (κ1) is 17.7. The smallest absolute Gasteiger partial charge is 0.138 e. The summed E-state index contributed by atoms with van der Waals surface area (Å²) < 4.78 is 0. The molecule has 0 aliphatic rings. The van der Waals surface area contributed by atoms with Crippen molar-refractivity contribution in [3.63, 3.8) is 0 Å². The fourth-order valence-electron chi connectivity index (χ4n) is 1.83. The summed E-state index contributed by atoms with van der Waals surface area (Å²) in [4.78, 5) is 11.5. The van der Waals surface area contributed by atoms with Gasteiger partial charge in [0.05, 0.1) is 0 Å². The lowest BCUT2D eigenvalue weighted by Gasteiger charge is -2.19. The van der Waals surface area contributed by atoms with Crippen LogP contribution in [0.25, 0.3) is 0 Å². The molecule has 1 aromatic heterocycles. The lowest BCUT2D eigenvalue weighted by molar-refractivity contribution is 0.405. The van der Waals surface area contributed by atoms with E-state index in [9.17, 15) is 0 Å². The van der Waals surface area contributed by atoms with Gasteiger partial charge in [0, 0.05) is 24.6 Å². The molecular formula is C16H31N5. The summed E-state index contributed by atoms with van der Waals surface area (Å²) in [5.41, 5.74) is -0.0516. The molecule has 1 rings (SSSR count). The minimum absolute atomic E-state index is 0.0516. The van der Waals surface area contributed by atoms with E-state index in [0.29, 0.717) is 0 Å². The third kappa shape index (κ3) is 6.76. The van der Waals surface area contributed by atoms with E-state index >= 15 is 0 Å². The van der Waals surface area contributed by atoms with Gasteiger partial charge >= 0.3 is 0 Å². The van der Waals surface area contributed by atoms with Gasteiger partial charge in [0.25, 0.3) is 0 Å². The lowest BCUT2D eigenvalue weighted by Crippen LogP contribution is -2.20. The summed E-state index contributed by atoms with van der Waals surface area (Å²) in [5.74, 6) is 2.69. The fourth-order valence-corrected chi connectivity index (χ4v) is 1.83. The number of rotatable bonds is 8. The maximum absolute atomic E-state index is 4.65. The zero-order valence-electron chi connectivity index (χ0n) is 14.5. The second-order valence-electron chi connectivity index (χ2n) is 6.72. The number of nitrogens with zero attached hydrogens (tertiary/aromatic N) is 3. The van der Waals surface area contributed by atoms with Crippen LogP contribution in [-0.2, 0) is 5.41 Å². The van der Waals surface area contributed by atoms with Crippen LogP contribution in [0.4, 0.5) is 11.6 Å². The van der Waals surface area contributed by atoms with Gasteiger partial charge in [-0.15, -0.1) is 0 Å². The van der Waals surface area contributed by atoms with Crippen LogP contribution in [0.2, 0.25) is 0 Å². The zero-order valence-corrected chi connectivity index (χ0v) is 14.5. The van der Waals surface area contributed by atoms with E-state index in [1.807, 2.05) is 6.07 Å². The van der Waals surface area contributed by atoms with Crippen molar-refractivity contribution in [2.24, 2.45) is 0 Å². The van der Waals surface area contributed by atoms with Gasteiger partial charge in [-0.25, -0.2) is 9.97 Å². The highest BCUT2D eigenvalue weighted by Gasteiger charge is 2.19. The molecule has 120 valence electrons. The quantitative estimate of drug-likeness (QED) is 0.722. The van der Waals surface area contributed by atoms with Crippen molar-refractivity contribution in [1.29, 1.82) is 0 Å². The molecule has 21 heavy (non-hydrogen) atoms. The minimum Gasteiger partial charge on any atom is -0.370 e. The highest BCUT2D eigenvalue weighted by Crippen LogP contribution is 2.22. The van der Waals surface area contributed by atoms with Gasteiger partial charge in [-0.1, -0.05) is 27.7 Å². The molecule has 0 radical (unpaired) electrons. The molecule has 0 spiro atoms. The molecule has 0 saturated heterocycles. The molecule has 0 amide bonds. The van der Waals surface area contributed by atoms with E-state index < -0.39 is 0 Å². The van der Waals surface area contributed by atoms with E-state index in [2.05, 4.69) is 67.3 Å². The summed E-state index contributed by atoms with van der Waals surface area (Å²) >= 11 is 0. The average Bonchev–Trinajstić information content (AvgIpc) is 2.40. The Labute approximate surface area is 129 Å². The van der Waals surface area contributed by atoms with E-state index in [-0.39, 0.29) is 5.41 Å². The first-order valence-corrected chi connectivity index (χ1v) is 7.85. The van der Waals surface area contributed by atoms with Gasteiger partial charge < -0.3 is 15.5 Å². The second kappa shape index (κ2) is 8.17. The molecule has 5 heteroatoms. The number of hydrogen-bond acceptors (Lipinski definition) is 5. The maximum atomic E-state index is 4.65. The summed E-state index contributed by atoms with van der Waals surface area (Å²) in [6.45, 7) is 11.5. The van der Waals surface area contributed by atoms with Gasteiger partial charge in [-0.05, 0) is 33.5 Å². The zero-order chi connectivity index (χ0) is 15.9. The van der Waals surface area contributed by atoms with Crippen LogP contribution in [0.15, 0.2) is 6.07 Å². The van der Waals surface area contributed by atoms with Gasteiger partial charge in [0.15, 0.2) is 0 Å². The number of hydrogen-bond donors (Lipinski definition) is 2. The first-order valence-electron chi connectivity index (χ1n) is 7.85. The van der Waals surface area contributed by atoms with Gasteiger partial charge in [-0.2, -0.15) is 0 Å². The number of aromatic nitrogens is 2. The molecule has 0 aromatic carbocycles. The van der Waals surface area contributed by atoms with Crippen LogP contribution in [0, 0.1) is 0 Å². The van der Waals surface area contributed by atoms with E-state index in [0.717, 1.165) is 49.9 Å². The monoisotopic (exact) mass is 293 g/mol. The Morgan fingerprint density at radius 1 is 1.05 bits per heavy atom. The Morgan fingerprint density at radius 2 is 1.62 bits per heavy atom. The molecule has 1 aromatic rings. The van der Waals surface area contributed by atoms with Crippen molar-refractivity contribution in [3.05, 3.63) is 11.9 Å². The maximum Gasteiger partial charge on any atom is 0.138 e. The van der Waals surface area contributed by atoms with E-state index in [4.69, 9.17) is 0 Å². The highest BCUT2D eigenvalue weighted by molar-refractivity contribution is 5.48. The van der Waals surface area contributed by atoms with Crippen molar-refractivity contribution in [1.82, 2.24) is 14.9 Å². The SMILES string of the molecule is CCCNc1cc(NCCCN(C)C)nc(C(C)(C)C)n1. The molecule has 0 aliphatic carbocycles. The molecule has 1 heterocycles. The highest BCUT2D eigenvalue weighted by atomic mass is 15.1. The number of anilines is 2. The molecular weight excluding hydrogens is 262 g/mol. The summed E-state index contributed by atoms with van der Waals surface area (Å²) in [6, 6.07) is 2.00. The van der Waals surface area contributed by atoms with Crippen molar-refractivity contribution in [2.75, 3.05) is 44.4 Å². The number of nitrogens with one attached hydrogen (secondary N) is 2. The first-order chi connectivity index (χ1) is 9.82. The molecule has 5 nitrogen and oxygen atoms in total. The van der Waals surface area contributed by atoms with Gasteiger partial charge in [0.1, 0.15) is 17.5 Å². The normalized spacial score (nSPS) is 11.8. The Kier molecular flexibility index (Phi) is 6.89. The van der Waals surface area contributed by atoms with Gasteiger partial charge in [-0.3, -0.25) is 0 Å². The van der Waals surface area contributed by atoms with Crippen LogP contribution < -0.4 is 10.6 Å². The Hall–Kier alpha value is -1.36. The van der Waals surface area contributed by atoms with Crippen molar-refractivity contribution < 1.29 is 0 Å². The Bertz CT molecular complexity index is 423. The molecule has 0 fully saturated rings. The Balaban J connectivity index is 2.76. The van der Waals surface area contributed by atoms with Crippen LogP contribution in [0.3, 0.4) is 0 Å². The molecule has 0 atom stereocenters. The third-order valence-corrected chi connectivity index (χ3v) is 3.04. The van der Waals surface area contributed by atoms with E-state index in [1.54, 1.807) is 0 Å². The van der Waals surface area contributed by atoms with Crippen LogP contribution >= 0.6 is 0 Å². The average molecular weight is 293 g/mol. The Morgan fingerprint density at radius 3 is 2.10 bits per heavy atom. The summed E-state index contributed by atoms with van der Waals surface area (Å²) in [7, 11) is 4.18. The molecule has 0 aliphatic heterocycles. The molecule has 0 saturated carbocycles. The summed E-state index contributed by atoms with van der Waals surface area (Å²) in [5, 5.41) is 6.77. The van der Waals surface area contributed by atoms with Gasteiger partial charge in [0.2, 0.25) is 0 Å². The van der Waals surface area contributed by atoms with E-state index in [1.165, 1.54) is 0 Å². The minimum atomic E-state index is -0.0516. The lowest BCUT2D eigenvalue weighted by atomic mass is 9.96. The standard InChI is InChI=1S/C16H31N5/c1-7-9-17-13-12-14(18-10-8-11-21(5)6)20-15(19-13)16(2,3)4/h12H,7-11H2,1-6H3,(H2,17,18,19,20). The topological polar surface area (TPSA) is 53.1 Å². The van der Waals surface area contributed by atoms with Crippen LogP contribution in [0.1, 0.15) is 46.4 Å². The van der Waals surface area contributed by atoms with Crippen LogP contribution in [-0.4, -0.2) is 48.6 Å².